The summed E-state index contributed by atoms with van der Waals surface area (Å²) in [4.78, 5) is 5.10. The second kappa shape index (κ2) is 4.74. The van der Waals surface area contributed by atoms with Crippen molar-refractivity contribution in [3.05, 3.63) is 30.3 Å². The molecule has 12 heavy (non-hydrogen) atoms. The molecule has 0 fully saturated rings. The van der Waals surface area contributed by atoms with Gasteiger partial charge in [-0.2, -0.15) is 5.17 Å². The highest BCUT2D eigenvalue weighted by Crippen LogP contribution is 2.09. The lowest BCUT2D eigenvalue weighted by atomic mass is 10.3. The largest absolute Gasteiger partial charge is 0.261 e. The molecule has 0 spiro atoms. The predicted octanol–water partition coefficient (Wildman–Crippen LogP) is 1.58. The van der Waals surface area contributed by atoms with E-state index in [1.165, 1.54) is 0 Å². The molecule has 0 aliphatic rings. The topological polar surface area (TPSA) is 24.5 Å². The van der Waals surface area contributed by atoms with E-state index in [4.69, 9.17) is 4.84 Å². The summed E-state index contributed by atoms with van der Waals surface area (Å²) in [6.45, 7) is 2.86. The van der Waals surface area contributed by atoms with Crippen LogP contribution in [0.2, 0.25) is 0 Å². The van der Waals surface area contributed by atoms with Crippen LogP contribution in [-0.4, -0.2) is 13.7 Å². The molecule has 1 aromatic carbocycles. The zero-order chi connectivity index (χ0) is 8.81. The van der Waals surface area contributed by atoms with Crippen LogP contribution in [0.1, 0.15) is 6.92 Å². The van der Waals surface area contributed by atoms with Crippen molar-refractivity contribution in [2.24, 2.45) is 0 Å². The molecule has 0 aliphatic heterocycles. The van der Waals surface area contributed by atoms with Gasteiger partial charge in [-0.15, -0.1) is 0 Å². The smallest absolute Gasteiger partial charge is 0.0822 e. The van der Waals surface area contributed by atoms with E-state index in [0.29, 0.717) is 0 Å². The SMILES string of the molecule is CCNN(OC)c1ccccc1. The summed E-state index contributed by atoms with van der Waals surface area (Å²) in [6.07, 6.45) is 0. The fourth-order valence-corrected chi connectivity index (χ4v) is 0.968. The fraction of sp³-hybridized carbons (Fsp3) is 0.333. The lowest BCUT2D eigenvalue weighted by Gasteiger charge is -2.21. The van der Waals surface area contributed by atoms with E-state index >= 15 is 0 Å². The van der Waals surface area contributed by atoms with Gasteiger partial charge in [0, 0.05) is 6.54 Å². The van der Waals surface area contributed by atoms with Crippen LogP contribution in [0.25, 0.3) is 0 Å². The Labute approximate surface area is 72.9 Å². The monoisotopic (exact) mass is 166 g/mol. The molecule has 0 aliphatic carbocycles. The van der Waals surface area contributed by atoms with Crippen molar-refractivity contribution in [3.63, 3.8) is 0 Å². The quantitative estimate of drug-likeness (QED) is 0.687. The molecule has 0 heterocycles. The maximum absolute atomic E-state index is 5.10. The number of anilines is 1. The number of nitrogens with one attached hydrogen (secondary N) is 1. The molecule has 0 bridgehead atoms. The van der Waals surface area contributed by atoms with Crippen LogP contribution in [0.5, 0.6) is 0 Å². The molecule has 0 aromatic heterocycles. The van der Waals surface area contributed by atoms with Crippen molar-refractivity contribution < 1.29 is 4.84 Å². The van der Waals surface area contributed by atoms with Crippen molar-refractivity contribution in [2.45, 2.75) is 6.92 Å². The first-order valence-corrected chi connectivity index (χ1v) is 4.01. The minimum atomic E-state index is 0.836. The highest BCUT2D eigenvalue weighted by molar-refractivity contribution is 5.41. The van der Waals surface area contributed by atoms with E-state index < -0.39 is 0 Å². The molecular weight excluding hydrogens is 152 g/mol. The minimum Gasteiger partial charge on any atom is -0.261 e. The highest BCUT2D eigenvalue weighted by atomic mass is 16.7. The number of rotatable bonds is 4. The molecule has 0 saturated carbocycles. The Balaban J connectivity index is 2.66. The standard InChI is InChI=1S/C9H14N2O/c1-3-10-11(12-2)9-7-5-4-6-8-9/h4-8,10H,3H2,1-2H3. The van der Waals surface area contributed by atoms with Gasteiger partial charge in [0.2, 0.25) is 0 Å². The second-order valence-corrected chi connectivity index (χ2v) is 2.32. The molecule has 0 unspecified atom stereocenters. The molecule has 1 aromatic rings. The number of benzene rings is 1. The van der Waals surface area contributed by atoms with Crippen molar-refractivity contribution in [1.82, 2.24) is 5.43 Å². The highest BCUT2D eigenvalue weighted by Gasteiger charge is 2.00. The lowest BCUT2D eigenvalue weighted by Crippen LogP contribution is -2.36. The number of hydrogen-bond donors (Lipinski definition) is 1. The molecule has 1 N–H and O–H groups in total. The summed E-state index contributed by atoms with van der Waals surface area (Å²) in [5.41, 5.74) is 4.06. The van der Waals surface area contributed by atoms with Gasteiger partial charge in [0.1, 0.15) is 0 Å². The number of nitrogens with zero attached hydrogens (tertiary/aromatic N) is 1. The van der Waals surface area contributed by atoms with Crippen LogP contribution in [-0.2, 0) is 4.84 Å². The van der Waals surface area contributed by atoms with Gasteiger partial charge in [-0.1, -0.05) is 25.1 Å². The summed E-state index contributed by atoms with van der Waals surface area (Å²) in [6, 6.07) is 9.87. The molecule has 0 amide bonds. The first-order chi connectivity index (χ1) is 5.88. The average molecular weight is 166 g/mol. The number of para-hydroxylation sites is 1. The van der Waals surface area contributed by atoms with Crippen molar-refractivity contribution in [2.75, 3.05) is 18.8 Å². The van der Waals surface area contributed by atoms with Crippen LogP contribution in [0, 0.1) is 0 Å². The van der Waals surface area contributed by atoms with Gasteiger partial charge >= 0.3 is 0 Å². The molecule has 3 nitrogen and oxygen atoms in total. The maximum Gasteiger partial charge on any atom is 0.0822 e. The summed E-state index contributed by atoms with van der Waals surface area (Å²) in [5.74, 6) is 0. The van der Waals surface area contributed by atoms with E-state index in [1.807, 2.05) is 37.3 Å². The molecule has 0 atom stereocenters. The fourth-order valence-electron chi connectivity index (χ4n) is 0.968. The second-order valence-electron chi connectivity index (χ2n) is 2.32. The van der Waals surface area contributed by atoms with Crippen LogP contribution in [0.4, 0.5) is 5.69 Å². The van der Waals surface area contributed by atoms with Crippen LogP contribution >= 0.6 is 0 Å². The third-order valence-electron chi connectivity index (χ3n) is 1.47. The third-order valence-corrected chi connectivity index (χ3v) is 1.47. The molecule has 0 saturated heterocycles. The number of hydrogen-bond acceptors (Lipinski definition) is 3. The van der Waals surface area contributed by atoms with Gasteiger partial charge in [0.05, 0.1) is 12.8 Å². The Bertz CT molecular complexity index is 213. The van der Waals surface area contributed by atoms with E-state index in [-0.39, 0.29) is 0 Å². The van der Waals surface area contributed by atoms with Gasteiger partial charge < -0.3 is 0 Å². The van der Waals surface area contributed by atoms with Crippen molar-refractivity contribution >= 4 is 5.69 Å². The Morgan fingerprint density at radius 2 is 2.00 bits per heavy atom. The predicted molar refractivity (Wildman–Crippen MR) is 49.6 cm³/mol. The zero-order valence-electron chi connectivity index (χ0n) is 7.45. The molecule has 66 valence electrons. The van der Waals surface area contributed by atoms with E-state index in [9.17, 15) is 0 Å². The Hall–Kier alpha value is -1.06. The summed E-state index contributed by atoms with van der Waals surface area (Å²) < 4.78 is 0. The molecule has 3 heteroatoms. The first kappa shape index (κ1) is 9.03. The number of hydrazine groups is 1. The van der Waals surface area contributed by atoms with Gasteiger partial charge in [0.25, 0.3) is 0 Å². The molecule has 0 radical (unpaired) electrons. The van der Waals surface area contributed by atoms with Gasteiger partial charge in [-0.05, 0) is 12.1 Å². The van der Waals surface area contributed by atoms with Gasteiger partial charge in [0.15, 0.2) is 0 Å². The Kier molecular flexibility index (Phi) is 3.57. The van der Waals surface area contributed by atoms with E-state index in [2.05, 4.69) is 5.43 Å². The first-order valence-electron chi connectivity index (χ1n) is 4.01. The van der Waals surface area contributed by atoms with Gasteiger partial charge in [-0.3, -0.25) is 4.84 Å². The van der Waals surface area contributed by atoms with Crippen LogP contribution < -0.4 is 10.6 Å². The van der Waals surface area contributed by atoms with E-state index in [1.54, 1.807) is 12.3 Å². The van der Waals surface area contributed by atoms with Gasteiger partial charge in [-0.25, -0.2) is 5.43 Å². The Morgan fingerprint density at radius 1 is 1.33 bits per heavy atom. The normalized spacial score (nSPS) is 9.83. The lowest BCUT2D eigenvalue weighted by molar-refractivity contribution is 0.137. The van der Waals surface area contributed by atoms with Crippen LogP contribution in [0.3, 0.4) is 0 Å². The zero-order valence-corrected chi connectivity index (χ0v) is 7.45. The van der Waals surface area contributed by atoms with Crippen LogP contribution in [0.15, 0.2) is 30.3 Å². The third kappa shape index (κ3) is 2.22. The van der Waals surface area contributed by atoms with Crippen molar-refractivity contribution in [3.8, 4) is 0 Å². The van der Waals surface area contributed by atoms with Crippen molar-refractivity contribution in [1.29, 1.82) is 0 Å². The minimum absolute atomic E-state index is 0.836. The summed E-state index contributed by atoms with van der Waals surface area (Å²) >= 11 is 0. The molecular formula is C9H14N2O. The van der Waals surface area contributed by atoms with E-state index in [0.717, 1.165) is 12.2 Å². The Morgan fingerprint density at radius 3 is 2.50 bits per heavy atom. The summed E-state index contributed by atoms with van der Waals surface area (Å²) in [5, 5.41) is 1.64. The summed E-state index contributed by atoms with van der Waals surface area (Å²) in [7, 11) is 1.63. The average Bonchev–Trinajstić information content (AvgIpc) is 2.15. The molecule has 1 rings (SSSR count). The maximum atomic E-state index is 5.10.